The largest absolute Gasteiger partial charge is 0.355 e. The molecule has 1 aromatic carbocycles. The minimum atomic E-state index is -0.0243. The quantitative estimate of drug-likeness (QED) is 0.831. The van der Waals surface area contributed by atoms with Crippen LogP contribution in [0.5, 0.6) is 0 Å². The van der Waals surface area contributed by atoms with Gasteiger partial charge in [0.1, 0.15) is 0 Å². The van der Waals surface area contributed by atoms with Crippen molar-refractivity contribution in [3.63, 3.8) is 0 Å². The number of nitrogens with zero attached hydrogens (tertiary/aromatic N) is 2. The van der Waals surface area contributed by atoms with Crippen molar-refractivity contribution in [2.45, 2.75) is 52.6 Å². The van der Waals surface area contributed by atoms with Crippen LogP contribution in [-0.2, 0) is 13.0 Å². The molecule has 0 unspecified atom stereocenters. The third kappa shape index (κ3) is 3.39. The van der Waals surface area contributed by atoms with Gasteiger partial charge in [-0.2, -0.15) is 0 Å². The number of carbonyl (C=O) groups excluding carboxylic acids is 2. The Morgan fingerprint density at radius 1 is 1.04 bits per heavy atom. The van der Waals surface area contributed by atoms with Gasteiger partial charge in [-0.3, -0.25) is 14.5 Å². The van der Waals surface area contributed by atoms with E-state index in [1.165, 1.54) is 18.1 Å². The Morgan fingerprint density at radius 2 is 1.71 bits per heavy atom. The minimum Gasteiger partial charge on any atom is -0.355 e. The number of Topliss-reactive ketones (excluding diaryl/α,β-unsaturated/α-hetero) is 1. The molecule has 1 aromatic heterocycles. The summed E-state index contributed by atoms with van der Waals surface area (Å²) in [6.45, 7) is 8.97. The normalized spacial score (nSPS) is 18.2. The number of aromatic nitrogens is 1. The van der Waals surface area contributed by atoms with Crippen LogP contribution in [0.1, 0.15) is 63.0 Å². The van der Waals surface area contributed by atoms with E-state index in [-0.39, 0.29) is 11.7 Å². The van der Waals surface area contributed by atoms with E-state index in [0.717, 1.165) is 56.7 Å². The number of amides is 1. The molecule has 0 aliphatic carbocycles. The average Bonchev–Trinajstić information content (AvgIpc) is 3.01. The van der Waals surface area contributed by atoms with Crippen LogP contribution in [0.25, 0.3) is 0 Å². The Hall–Kier alpha value is -2.40. The van der Waals surface area contributed by atoms with Crippen LogP contribution in [0.2, 0.25) is 0 Å². The highest BCUT2D eigenvalue weighted by molar-refractivity contribution is 6.02. The lowest BCUT2D eigenvalue weighted by Crippen LogP contribution is -2.48. The van der Waals surface area contributed by atoms with Crippen molar-refractivity contribution in [1.29, 1.82) is 0 Å². The van der Waals surface area contributed by atoms with Crippen LogP contribution in [0.15, 0.2) is 24.3 Å². The molecule has 1 amide bonds. The molecule has 0 atom stereocenters. The van der Waals surface area contributed by atoms with Gasteiger partial charge in [0.15, 0.2) is 5.78 Å². The molecule has 1 fully saturated rings. The number of carbonyl (C=O) groups is 2. The highest BCUT2D eigenvalue weighted by Gasteiger charge is 2.31. The van der Waals surface area contributed by atoms with Crippen molar-refractivity contribution in [2.75, 3.05) is 19.6 Å². The third-order valence-electron chi connectivity index (χ3n) is 6.43. The number of aromatic amines is 1. The average molecular weight is 380 g/mol. The number of hydrogen-bond donors (Lipinski definition) is 1. The molecule has 148 valence electrons. The first-order valence-electron chi connectivity index (χ1n) is 10.3. The SMILES string of the molecule is CC(=O)c1[nH]c(C)c(C(=O)N2CCC(N3CCc4ccccc4C3)CC2)c1C. The van der Waals surface area contributed by atoms with Crippen LogP contribution < -0.4 is 0 Å². The molecule has 2 aliphatic heterocycles. The van der Waals surface area contributed by atoms with Crippen LogP contribution in [0.4, 0.5) is 0 Å². The van der Waals surface area contributed by atoms with E-state index in [9.17, 15) is 9.59 Å². The lowest BCUT2D eigenvalue weighted by molar-refractivity contribution is 0.0598. The second-order valence-electron chi connectivity index (χ2n) is 8.19. The van der Waals surface area contributed by atoms with Crippen molar-refractivity contribution in [1.82, 2.24) is 14.8 Å². The first-order chi connectivity index (χ1) is 13.5. The van der Waals surface area contributed by atoms with Crippen molar-refractivity contribution in [2.24, 2.45) is 0 Å². The number of aryl methyl sites for hydroxylation is 1. The Bertz CT molecular complexity index is 907. The number of hydrogen-bond acceptors (Lipinski definition) is 3. The summed E-state index contributed by atoms with van der Waals surface area (Å²) in [7, 11) is 0. The maximum absolute atomic E-state index is 13.1. The second-order valence-corrected chi connectivity index (χ2v) is 8.19. The summed E-state index contributed by atoms with van der Waals surface area (Å²) in [4.78, 5) is 32.5. The van der Waals surface area contributed by atoms with Gasteiger partial charge in [0.2, 0.25) is 0 Å². The summed E-state index contributed by atoms with van der Waals surface area (Å²) in [5.74, 6) is 0.0323. The number of likely N-dealkylation sites (tertiary alicyclic amines) is 1. The molecular weight excluding hydrogens is 350 g/mol. The van der Waals surface area contributed by atoms with Crippen LogP contribution in [-0.4, -0.2) is 52.2 Å². The van der Waals surface area contributed by atoms with Gasteiger partial charge < -0.3 is 9.88 Å². The van der Waals surface area contributed by atoms with E-state index in [4.69, 9.17) is 0 Å². The fourth-order valence-electron chi connectivity index (χ4n) is 4.84. The molecule has 2 aromatic rings. The van der Waals surface area contributed by atoms with E-state index < -0.39 is 0 Å². The number of fused-ring (bicyclic) bond motifs is 1. The first kappa shape index (κ1) is 18.9. The van der Waals surface area contributed by atoms with Crippen molar-refractivity contribution in [3.05, 3.63) is 57.9 Å². The van der Waals surface area contributed by atoms with Gasteiger partial charge in [0, 0.05) is 44.8 Å². The fourth-order valence-corrected chi connectivity index (χ4v) is 4.84. The Labute approximate surface area is 166 Å². The molecule has 5 heteroatoms. The summed E-state index contributed by atoms with van der Waals surface area (Å²) in [5, 5.41) is 0. The number of piperidine rings is 1. The van der Waals surface area contributed by atoms with Gasteiger partial charge >= 0.3 is 0 Å². The second kappa shape index (κ2) is 7.55. The predicted octanol–water partition coefficient (Wildman–Crippen LogP) is 3.50. The smallest absolute Gasteiger partial charge is 0.255 e. The standard InChI is InChI=1S/C23H29N3O2/c1-15-21(16(2)24-22(15)17(3)27)23(28)25-12-9-20(10-13-25)26-11-8-18-6-4-5-7-19(18)14-26/h4-7,20,24H,8-14H2,1-3H3. The zero-order chi connectivity index (χ0) is 19.8. The Balaban J connectivity index is 1.41. The summed E-state index contributed by atoms with van der Waals surface area (Å²) < 4.78 is 0. The maximum Gasteiger partial charge on any atom is 0.255 e. The maximum atomic E-state index is 13.1. The van der Waals surface area contributed by atoms with Gasteiger partial charge in [-0.05, 0) is 49.8 Å². The summed E-state index contributed by atoms with van der Waals surface area (Å²) in [5.41, 5.74) is 5.74. The minimum absolute atomic E-state index is 0.0243. The fraction of sp³-hybridized carbons (Fsp3) is 0.478. The molecule has 0 radical (unpaired) electrons. The van der Waals surface area contributed by atoms with Gasteiger partial charge in [-0.15, -0.1) is 0 Å². The molecule has 3 heterocycles. The number of ketones is 1. The van der Waals surface area contributed by atoms with Crippen LogP contribution >= 0.6 is 0 Å². The van der Waals surface area contributed by atoms with E-state index in [1.807, 2.05) is 18.7 Å². The number of H-pyrrole nitrogens is 1. The molecule has 4 rings (SSSR count). The molecule has 1 saturated heterocycles. The molecular formula is C23H29N3O2. The van der Waals surface area contributed by atoms with E-state index in [1.54, 1.807) is 0 Å². The predicted molar refractivity (Wildman–Crippen MR) is 110 cm³/mol. The highest BCUT2D eigenvalue weighted by atomic mass is 16.2. The molecule has 2 aliphatic rings. The van der Waals surface area contributed by atoms with E-state index in [2.05, 4.69) is 34.1 Å². The van der Waals surface area contributed by atoms with Gasteiger partial charge in [0.05, 0.1) is 11.3 Å². The molecule has 0 bridgehead atoms. The van der Waals surface area contributed by atoms with Crippen molar-refractivity contribution >= 4 is 11.7 Å². The molecule has 5 nitrogen and oxygen atoms in total. The number of nitrogens with one attached hydrogen (secondary N) is 1. The summed E-state index contributed by atoms with van der Waals surface area (Å²) in [6.07, 6.45) is 3.14. The highest BCUT2D eigenvalue weighted by Crippen LogP contribution is 2.27. The van der Waals surface area contributed by atoms with E-state index >= 15 is 0 Å². The molecule has 0 spiro atoms. The zero-order valence-corrected chi connectivity index (χ0v) is 17.0. The monoisotopic (exact) mass is 379 g/mol. The third-order valence-corrected chi connectivity index (χ3v) is 6.43. The molecule has 0 saturated carbocycles. The summed E-state index contributed by atoms with van der Waals surface area (Å²) >= 11 is 0. The van der Waals surface area contributed by atoms with Gasteiger partial charge in [-0.1, -0.05) is 24.3 Å². The van der Waals surface area contributed by atoms with Crippen molar-refractivity contribution < 1.29 is 9.59 Å². The Kier molecular flexibility index (Phi) is 5.11. The summed E-state index contributed by atoms with van der Waals surface area (Å²) in [6, 6.07) is 9.27. The molecule has 1 N–H and O–H groups in total. The topological polar surface area (TPSA) is 56.4 Å². The molecule has 28 heavy (non-hydrogen) atoms. The van der Waals surface area contributed by atoms with Gasteiger partial charge in [0.25, 0.3) is 5.91 Å². The zero-order valence-electron chi connectivity index (χ0n) is 17.0. The van der Waals surface area contributed by atoms with Crippen molar-refractivity contribution in [3.8, 4) is 0 Å². The first-order valence-corrected chi connectivity index (χ1v) is 10.3. The number of rotatable bonds is 3. The van der Waals surface area contributed by atoms with E-state index in [0.29, 0.717) is 17.3 Å². The Morgan fingerprint density at radius 3 is 2.36 bits per heavy atom. The lowest BCUT2D eigenvalue weighted by Gasteiger charge is -2.40. The van der Waals surface area contributed by atoms with Crippen LogP contribution in [0.3, 0.4) is 0 Å². The van der Waals surface area contributed by atoms with Gasteiger partial charge in [-0.25, -0.2) is 0 Å². The van der Waals surface area contributed by atoms with Crippen LogP contribution in [0, 0.1) is 13.8 Å². The lowest BCUT2D eigenvalue weighted by atomic mass is 9.95. The number of benzene rings is 1.